The lowest BCUT2D eigenvalue weighted by molar-refractivity contribution is -0.123. The van der Waals surface area contributed by atoms with Gasteiger partial charge in [0.15, 0.2) is 0 Å². The Morgan fingerprint density at radius 1 is 0.947 bits per heavy atom. The molecule has 0 aliphatic carbocycles. The summed E-state index contributed by atoms with van der Waals surface area (Å²) in [5.41, 5.74) is 4.80. The Kier molecular flexibility index (Phi) is 6.65. The van der Waals surface area contributed by atoms with Gasteiger partial charge < -0.3 is 10.2 Å². The minimum absolute atomic E-state index is 0.156. The van der Waals surface area contributed by atoms with Crippen molar-refractivity contribution in [2.45, 2.75) is 33.6 Å². The fraction of sp³-hybridized carbons (Fsp3) is 0.333. The summed E-state index contributed by atoms with van der Waals surface area (Å²) in [6, 6.07) is 17.0. The lowest BCUT2D eigenvalue weighted by Crippen LogP contribution is -2.33. The summed E-state index contributed by atoms with van der Waals surface area (Å²) in [6.45, 7) is 7.78. The Bertz CT molecular complexity index is 1400. The lowest BCUT2D eigenvalue weighted by atomic mass is 9.92. The molecule has 2 aromatic carbocycles. The molecule has 2 fully saturated rings. The molecule has 3 aromatic rings. The smallest absolute Gasteiger partial charge is 0.330 e. The number of rotatable bonds is 6. The first-order chi connectivity index (χ1) is 18.2. The number of anilines is 3. The van der Waals surface area contributed by atoms with Gasteiger partial charge in [-0.1, -0.05) is 39.0 Å². The van der Waals surface area contributed by atoms with E-state index in [-0.39, 0.29) is 23.3 Å². The topological polar surface area (TPSA) is 85.8 Å². The fourth-order valence-corrected chi connectivity index (χ4v) is 5.30. The Morgan fingerprint density at radius 2 is 1.68 bits per heavy atom. The summed E-state index contributed by atoms with van der Waals surface area (Å²) < 4.78 is 0. The van der Waals surface area contributed by atoms with Crippen molar-refractivity contribution in [3.05, 3.63) is 71.9 Å². The minimum atomic E-state index is -0.325. The fourth-order valence-electron chi connectivity index (χ4n) is 5.30. The molecule has 0 bridgehead atoms. The maximum Gasteiger partial charge on any atom is 0.330 e. The highest BCUT2D eigenvalue weighted by Crippen LogP contribution is 2.37. The van der Waals surface area contributed by atoms with Gasteiger partial charge in [0.1, 0.15) is 5.82 Å². The molecule has 5 rings (SSSR count). The summed E-state index contributed by atoms with van der Waals surface area (Å²) in [5.74, 6) is 0.617. The average Bonchev–Trinajstić information content (AvgIpc) is 3.45. The zero-order chi connectivity index (χ0) is 27.0. The maximum absolute atomic E-state index is 13.5. The third-order valence-corrected chi connectivity index (χ3v) is 7.57. The first kappa shape index (κ1) is 25.4. The Balaban J connectivity index is 1.42. The van der Waals surface area contributed by atoms with E-state index in [1.165, 1.54) is 0 Å². The largest absolute Gasteiger partial charge is 0.355 e. The minimum Gasteiger partial charge on any atom is -0.355 e. The Morgan fingerprint density at radius 3 is 2.34 bits per heavy atom. The average molecular weight is 512 g/mol. The molecule has 0 spiro atoms. The van der Waals surface area contributed by atoms with E-state index in [1.807, 2.05) is 55.1 Å². The van der Waals surface area contributed by atoms with Gasteiger partial charge in [0.2, 0.25) is 5.91 Å². The third-order valence-electron chi connectivity index (χ3n) is 7.57. The van der Waals surface area contributed by atoms with Crippen LogP contribution in [-0.2, 0) is 11.2 Å². The SMILES string of the molecule is CCc1c(-c2ccc(N3CCC(C)(C)C3=O)cc2)ccnc1N1CCN(c2cccc(C(=O)NC)c2)C1=O. The van der Waals surface area contributed by atoms with Crippen molar-refractivity contribution in [2.24, 2.45) is 5.41 Å². The lowest BCUT2D eigenvalue weighted by Gasteiger charge is -2.22. The number of urea groups is 1. The van der Waals surface area contributed by atoms with E-state index >= 15 is 0 Å². The van der Waals surface area contributed by atoms with Crippen LogP contribution >= 0.6 is 0 Å². The molecule has 0 unspecified atom stereocenters. The number of hydrogen-bond donors (Lipinski definition) is 1. The number of pyridine rings is 1. The third kappa shape index (κ3) is 4.40. The summed E-state index contributed by atoms with van der Waals surface area (Å²) >= 11 is 0. The second-order valence-electron chi connectivity index (χ2n) is 10.4. The zero-order valence-corrected chi connectivity index (χ0v) is 22.3. The highest BCUT2D eigenvalue weighted by molar-refractivity contribution is 6.07. The number of carbonyl (C=O) groups excluding carboxylic acids is 3. The van der Waals surface area contributed by atoms with Crippen molar-refractivity contribution in [1.29, 1.82) is 0 Å². The first-order valence-corrected chi connectivity index (χ1v) is 13.1. The van der Waals surface area contributed by atoms with Crippen LogP contribution in [0.4, 0.5) is 22.0 Å². The van der Waals surface area contributed by atoms with Crippen molar-refractivity contribution in [2.75, 3.05) is 41.4 Å². The van der Waals surface area contributed by atoms with Crippen molar-refractivity contribution < 1.29 is 14.4 Å². The number of benzene rings is 2. The van der Waals surface area contributed by atoms with E-state index in [9.17, 15) is 14.4 Å². The number of nitrogens with zero attached hydrogens (tertiary/aromatic N) is 4. The maximum atomic E-state index is 13.5. The Labute approximate surface area is 223 Å². The van der Waals surface area contributed by atoms with Crippen LogP contribution in [0.3, 0.4) is 0 Å². The Hall–Kier alpha value is -4.20. The van der Waals surface area contributed by atoms with Crippen LogP contribution in [-0.4, -0.2) is 49.5 Å². The van der Waals surface area contributed by atoms with Crippen molar-refractivity contribution in [3.8, 4) is 11.1 Å². The predicted octanol–water partition coefficient (Wildman–Crippen LogP) is 4.88. The quantitative estimate of drug-likeness (QED) is 0.511. The molecule has 0 radical (unpaired) electrons. The molecule has 2 aliphatic rings. The molecule has 1 aromatic heterocycles. The van der Waals surface area contributed by atoms with Crippen molar-refractivity contribution in [1.82, 2.24) is 10.3 Å². The van der Waals surface area contributed by atoms with Crippen LogP contribution in [0.5, 0.6) is 0 Å². The summed E-state index contributed by atoms with van der Waals surface area (Å²) in [7, 11) is 1.59. The molecule has 8 heteroatoms. The normalized spacial score (nSPS) is 16.9. The van der Waals surface area contributed by atoms with Gasteiger partial charge in [0.25, 0.3) is 5.91 Å². The van der Waals surface area contributed by atoms with Crippen LogP contribution in [0.25, 0.3) is 11.1 Å². The van der Waals surface area contributed by atoms with Gasteiger partial charge in [0, 0.05) is 60.8 Å². The van der Waals surface area contributed by atoms with Gasteiger partial charge in [-0.25, -0.2) is 9.78 Å². The van der Waals surface area contributed by atoms with Gasteiger partial charge in [-0.15, -0.1) is 0 Å². The number of carbonyl (C=O) groups is 3. The number of nitrogens with one attached hydrogen (secondary N) is 1. The van der Waals surface area contributed by atoms with Crippen LogP contribution in [0.1, 0.15) is 43.1 Å². The molecule has 3 heterocycles. The van der Waals surface area contributed by atoms with Gasteiger partial charge in [-0.05, 0) is 60.4 Å². The standard InChI is InChI=1S/C30H33N5O3/c1-5-24-25(20-9-11-22(12-10-20)33-16-14-30(2,3)28(33)37)13-15-32-26(24)35-18-17-34(29(35)38)23-8-6-7-21(19-23)27(36)31-4/h6-13,15,19H,5,14,16-18H2,1-4H3,(H,31,36). The second-order valence-corrected chi connectivity index (χ2v) is 10.4. The molecule has 38 heavy (non-hydrogen) atoms. The molecular formula is C30H33N5O3. The second kappa shape index (κ2) is 9.93. The molecule has 196 valence electrons. The van der Waals surface area contributed by atoms with Crippen LogP contribution in [0.15, 0.2) is 60.8 Å². The zero-order valence-electron chi connectivity index (χ0n) is 22.3. The molecule has 2 saturated heterocycles. The number of aromatic nitrogens is 1. The molecule has 8 nitrogen and oxygen atoms in total. The molecule has 2 aliphatic heterocycles. The van der Waals surface area contributed by atoms with E-state index in [1.54, 1.807) is 41.2 Å². The van der Waals surface area contributed by atoms with Crippen LogP contribution in [0.2, 0.25) is 0 Å². The van der Waals surface area contributed by atoms with Gasteiger partial charge >= 0.3 is 6.03 Å². The predicted molar refractivity (Wildman–Crippen MR) is 150 cm³/mol. The van der Waals surface area contributed by atoms with Gasteiger partial charge in [-0.2, -0.15) is 0 Å². The highest BCUT2D eigenvalue weighted by Gasteiger charge is 2.39. The molecular weight excluding hydrogens is 478 g/mol. The summed E-state index contributed by atoms with van der Waals surface area (Å²) in [4.78, 5) is 48.3. The number of amides is 4. The molecule has 0 atom stereocenters. The monoisotopic (exact) mass is 511 g/mol. The van der Waals surface area contributed by atoms with E-state index < -0.39 is 0 Å². The summed E-state index contributed by atoms with van der Waals surface area (Å²) in [6.07, 6.45) is 3.29. The number of hydrogen-bond acceptors (Lipinski definition) is 4. The van der Waals surface area contributed by atoms with Gasteiger partial charge in [-0.3, -0.25) is 19.4 Å². The van der Waals surface area contributed by atoms with Crippen molar-refractivity contribution in [3.63, 3.8) is 0 Å². The van der Waals surface area contributed by atoms with Crippen LogP contribution in [0, 0.1) is 5.41 Å². The van der Waals surface area contributed by atoms with E-state index in [2.05, 4.69) is 17.2 Å². The first-order valence-electron chi connectivity index (χ1n) is 13.1. The summed E-state index contributed by atoms with van der Waals surface area (Å²) in [5, 5.41) is 2.62. The van der Waals surface area contributed by atoms with E-state index in [0.29, 0.717) is 36.6 Å². The van der Waals surface area contributed by atoms with Gasteiger partial charge in [0.05, 0.1) is 0 Å². The molecule has 4 amide bonds. The van der Waals surface area contributed by atoms with E-state index in [4.69, 9.17) is 0 Å². The molecule has 1 N–H and O–H groups in total. The van der Waals surface area contributed by atoms with E-state index in [0.717, 1.165) is 35.3 Å². The molecule has 0 saturated carbocycles. The van der Waals surface area contributed by atoms with Crippen molar-refractivity contribution >= 4 is 35.0 Å². The highest BCUT2D eigenvalue weighted by atomic mass is 16.2. The van der Waals surface area contributed by atoms with Crippen LogP contribution < -0.4 is 20.0 Å².